The van der Waals surface area contributed by atoms with Gasteiger partial charge in [-0.15, -0.1) is 5.10 Å². The van der Waals surface area contributed by atoms with Crippen molar-refractivity contribution in [2.24, 2.45) is 0 Å². The van der Waals surface area contributed by atoms with Crippen molar-refractivity contribution in [3.05, 3.63) is 72.4 Å². The van der Waals surface area contributed by atoms with Crippen molar-refractivity contribution in [1.82, 2.24) is 25.0 Å². The van der Waals surface area contributed by atoms with Crippen molar-refractivity contribution in [2.75, 3.05) is 6.61 Å². The zero-order chi connectivity index (χ0) is 18.1. The van der Waals surface area contributed by atoms with Gasteiger partial charge in [0.05, 0.1) is 25.6 Å². The first-order valence-corrected chi connectivity index (χ1v) is 8.83. The topological polar surface area (TPSA) is 78.9 Å². The quantitative estimate of drug-likeness (QED) is 0.556. The second-order valence-corrected chi connectivity index (χ2v) is 6.41. The van der Waals surface area contributed by atoms with Crippen LogP contribution in [0, 0.1) is 0 Å². The van der Waals surface area contributed by atoms with Crippen molar-refractivity contribution >= 4 is 0 Å². The zero-order valence-corrected chi connectivity index (χ0v) is 14.5. The Kier molecular flexibility index (Phi) is 3.99. The normalized spacial score (nSPS) is 16.2. The molecule has 3 aromatic heterocycles. The third-order valence-electron chi connectivity index (χ3n) is 4.67. The molecule has 4 heterocycles. The van der Waals surface area contributed by atoms with Crippen LogP contribution in [0.1, 0.15) is 17.2 Å². The van der Waals surface area contributed by atoms with Crippen LogP contribution in [-0.4, -0.2) is 31.6 Å². The first kappa shape index (κ1) is 15.9. The van der Waals surface area contributed by atoms with Gasteiger partial charge in [-0.2, -0.15) is 0 Å². The predicted octanol–water partition coefficient (Wildman–Crippen LogP) is 3.31. The molecular weight excluding hydrogens is 342 g/mol. The van der Waals surface area contributed by atoms with E-state index >= 15 is 0 Å². The second-order valence-electron chi connectivity index (χ2n) is 6.41. The van der Waals surface area contributed by atoms with Crippen molar-refractivity contribution < 1.29 is 9.15 Å². The van der Waals surface area contributed by atoms with Crippen LogP contribution in [0.5, 0.6) is 0 Å². The molecule has 5 rings (SSSR count). The minimum Gasteiger partial charge on any atom is -0.461 e. The van der Waals surface area contributed by atoms with E-state index in [9.17, 15) is 0 Å². The first-order chi connectivity index (χ1) is 13.4. The Hall–Kier alpha value is -3.32. The monoisotopic (exact) mass is 359 g/mol. The molecule has 0 fully saturated rings. The molecule has 0 spiro atoms. The van der Waals surface area contributed by atoms with Crippen LogP contribution in [0.25, 0.3) is 22.8 Å². The number of hydrogen-bond acceptors (Lipinski definition) is 6. The molecule has 7 heteroatoms. The van der Waals surface area contributed by atoms with Gasteiger partial charge in [-0.1, -0.05) is 29.5 Å². The number of aromatic nitrogens is 5. The maximum atomic E-state index is 5.96. The Bertz CT molecular complexity index is 1040. The third-order valence-corrected chi connectivity index (χ3v) is 4.67. The highest BCUT2D eigenvalue weighted by atomic mass is 16.5. The molecule has 1 aliphatic heterocycles. The van der Waals surface area contributed by atoms with Gasteiger partial charge in [0.1, 0.15) is 11.8 Å². The first-order valence-electron chi connectivity index (χ1n) is 8.83. The molecule has 0 aliphatic carbocycles. The summed E-state index contributed by atoms with van der Waals surface area (Å²) in [5.41, 5.74) is 4.11. The van der Waals surface area contributed by atoms with Crippen LogP contribution < -0.4 is 0 Å². The number of benzene rings is 1. The SMILES string of the molecule is c1coc(-c2ncc(-c3cn(C[C@H]4OCCc5ccccc54)nn3)cn2)c1. The summed E-state index contributed by atoms with van der Waals surface area (Å²) < 4.78 is 13.1. The molecule has 0 bridgehead atoms. The van der Waals surface area contributed by atoms with Crippen molar-refractivity contribution in [3.63, 3.8) is 0 Å². The second kappa shape index (κ2) is 6.77. The summed E-state index contributed by atoms with van der Waals surface area (Å²) >= 11 is 0. The lowest BCUT2D eigenvalue weighted by atomic mass is 9.98. The van der Waals surface area contributed by atoms with Gasteiger partial charge in [-0.05, 0) is 29.7 Å². The number of rotatable bonds is 4. The largest absolute Gasteiger partial charge is 0.461 e. The van der Waals surface area contributed by atoms with Gasteiger partial charge in [-0.3, -0.25) is 0 Å². The third kappa shape index (κ3) is 3.13. The Morgan fingerprint density at radius 2 is 1.96 bits per heavy atom. The molecule has 0 radical (unpaired) electrons. The Morgan fingerprint density at radius 3 is 2.81 bits per heavy atom. The lowest BCUT2D eigenvalue weighted by Gasteiger charge is -2.25. The van der Waals surface area contributed by atoms with Crippen LogP contribution in [0.2, 0.25) is 0 Å². The molecule has 27 heavy (non-hydrogen) atoms. The fourth-order valence-corrected chi connectivity index (χ4v) is 3.31. The number of ether oxygens (including phenoxy) is 1. The summed E-state index contributed by atoms with van der Waals surface area (Å²) in [4.78, 5) is 8.69. The summed E-state index contributed by atoms with van der Waals surface area (Å²) in [5.74, 6) is 1.18. The summed E-state index contributed by atoms with van der Waals surface area (Å²) in [6.45, 7) is 1.35. The maximum Gasteiger partial charge on any atom is 0.195 e. The van der Waals surface area contributed by atoms with Gasteiger partial charge in [0.25, 0.3) is 0 Å². The van der Waals surface area contributed by atoms with E-state index < -0.39 is 0 Å². The predicted molar refractivity (Wildman–Crippen MR) is 97.6 cm³/mol. The average molecular weight is 359 g/mol. The van der Waals surface area contributed by atoms with Crippen LogP contribution in [0.4, 0.5) is 0 Å². The number of furan rings is 1. The van der Waals surface area contributed by atoms with E-state index in [1.165, 1.54) is 11.1 Å². The van der Waals surface area contributed by atoms with Crippen molar-refractivity contribution in [3.8, 4) is 22.8 Å². The molecule has 0 saturated heterocycles. The zero-order valence-electron chi connectivity index (χ0n) is 14.5. The molecule has 1 aromatic carbocycles. The van der Waals surface area contributed by atoms with Gasteiger partial charge in [0.15, 0.2) is 11.6 Å². The standard InChI is InChI=1S/C20H17N5O2/c1-2-5-16-14(4-1)7-9-27-19(16)13-25-12-17(23-24-25)15-10-21-20(22-11-15)18-6-3-8-26-18/h1-6,8,10-12,19H,7,9,13H2/t19-/m1/s1. The average Bonchev–Trinajstić information content (AvgIpc) is 3.41. The van der Waals surface area contributed by atoms with Gasteiger partial charge in [-0.25, -0.2) is 14.6 Å². The van der Waals surface area contributed by atoms with Crippen LogP contribution in [-0.2, 0) is 17.7 Å². The fourth-order valence-electron chi connectivity index (χ4n) is 3.31. The Balaban J connectivity index is 1.35. The summed E-state index contributed by atoms with van der Waals surface area (Å²) in [6.07, 6.45) is 7.89. The molecule has 134 valence electrons. The van der Waals surface area contributed by atoms with Gasteiger partial charge >= 0.3 is 0 Å². The molecule has 7 nitrogen and oxygen atoms in total. The fraction of sp³-hybridized carbons (Fsp3) is 0.200. The lowest BCUT2D eigenvalue weighted by Crippen LogP contribution is -2.20. The van der Waals surface area contributed by atoms with Crippen molar-refractivity contribution in [1.29, 1.82) is 0 Å². The van der Waals surface area contributed by atoms with Crippen LogP contribution >= 0.6 is 0 Å². The Labute approximate surface area is 155 Å². The van der Waals surface area contributed by atoms with Crippen LogP contribution in [0.15, 0.2) is 65.7 Å². The van der Waals surface area contributed by atoms with E-state index in [1.807, 2.05) is 29.1 Å². The highest BCUT2D eigenvalue weighted by Crippen LogP contribution is 2.28. The summed E-state index contributed by atoms with van der Waals surface area (Å²) in [7, 11) is 0. The van der Waals surface area contributed by atoms with Gasteiger partial charge in [0, 0.05) is 18.0 Å². The minimum absolute atomic E-state index is 0.0120. The smallest absolute Gasteiger partial charge is 0.195 e. The molecule has 0 saturated carbocycles. The summed E-state index contributed by atoms with van der Waals surface area (Å²) in [5, 5.41) is 8.50. The van der Waals surface area contributed by atoms with Crippen LogP contribution in [0.3, 0.4) is 0 Å². The van der Waals surface area contributed by atoms with Gasteiger partial charge in [0.2, 0.25) is 0 Å². The number of hydrogen-bond donors (Lipinski definition) is 0. The van der Waals surface area contributed by atoms with E-state index in [0.717, 1.165) is 24.3 Å². The minimum atomic E-state index is -0.0120. The number of fused-ring (bicyclic) bond motifs is 1. The van der Waals surface area contributed by atoms with E-state index in [-0.39, 0.29) is 6.10 Å². The van der Waals surface area contributed by atoms with Crippen molar-refractivity contribution in [2.45, 2.75) is 19.1 Å². The highest BCUT2D eigenvalue weighted by molar-refractivity contribution is 5.57. The molecule has 1 atom stereocenters. The van der Waals surface area contributed by atoms with E-state index in [4.69, 9.17) is 9.15 Å². The highest BCUT2D eigenvalue weighted by Gasteiger charge is 2.21. The van der Waals surface area contributed by atoms with E-state index in [1.54, 1.807) is 18.7 Å². The van der Waals surface area contributed by atoms with E-state index in [0.29, 0.717) is 18.1 Å². The molecule has 1 aliphatic rings. The van der Waals surface area contributed by atoms with Gasteiger partial charge < -0.3 is 9.15 Å². The summed E-state index contributed by atoms with van der Waals surface area (Å²) in [6, 6.07) is 12.0. The molecule has 4 aromatic rings. The lowest BCUT2D eigenvalue weighted by molar-refractivity contribution is 0.0279. The maximum absolute atomic E-state index is 5.96. The number of nitrogens with zero attached hydrogens (tertiary/aromatic N) is 5. The van der Waals surface area contributed by atoms with E-state index in [2.05, 4.69) is 38.5 Å². The molecule has 0 N–H and O–H groups in total. The molecule has 0 amide bonds. The Morgan fingerprint density at radius 1 is 1.07 bits per heavy atom. The molecular formula is C20H17N5O2. The molecule has 0 unspecified atom stereocenters.